The number of piperidine rings is 1. The van der Waals surface area contributed by atoms with Crippen molar-refractivity contribution in [2.45, 2.75) is 90.6 Å². The zero-order chi connectivity index (χ0) is 31.5. The van der Waals surface area contributed by atoms with E-state index in [4.69, 9.17) is 9.84 Å². The molecule has 7 nitrogen and oxygen atoms in total. The van der Waals surface area contributed by atoms with Gasteiger partial charge in [-0.25, -0.2) is 0 Å². The third-order valence-electron chi connectivity index (χ3n) is 10.9. The number of carboxylic acid groups (broad SMARTS) is 1. The summed E-state index contributed by atoms with van der Waals surface area (Å²) < 4.78 is 7.79. The Bertz CT molecular complexity index is 1440. The van der Waals surface area contributed by atoms with Crippen LogP contribution in [0.4, 0.5) is 0 Å². The Balaban J connectivity index is 1.11. The zero-order valence-electron chi connectivity index (χ0n) is 27.8. The number of carboxylic acids is 1. The fourth-order valence-corrected chi connectivity index (χ4v) is 8.29. The third-order valence-corrected chi connectivity index (χ3v) is 10.9. The van der Waals surface area contributed by atoms with E-state index in [0.29, 0.717) is 30.3 Å². The summed E-state index contributed by atoms with van der Waals surface area (Å²) in [7, 11) is 0. The first kappa shape index (κ1) is 31.8. The predicted octanol–water partition coefficient (Wildman–Crippen LogP) is 6.79. The number of benzene rings is 2. The van der Waals surface area contributed by atoms with Crippen molar-refractivity contribution in [1.82, 2.24) is 19.6 Å². The number of aliphatic carboxylic acids is 1. The van der Waals surface area contributed by atoms with Crippen LogP contribution < -0.4 is 4.74 Å². The first-order chi connectivity index (χ1) is 21.8. The van der Waals surface area contributed by atoms with E-state index in [0.717, 1.165) is 70.0 Å². The van der Waals surface area contributed by atoms with Gasteiger partial charge in [0.05, 0.1) is 18.8 Å². The first-order valence-electron chi connectivity index (χ1n) is 17.3. The van der Waals surface area contributed by atoms with Gasteiger partial charge in [-0.1, -0.05) is 61.2 Å². The maximum atomic E-state index is 12.5. The molecule has 3 aliphatic rings. The largest absolute Gasteiger partial charge is 0.494 e. The summed E-state index contributed by atoms with van der Waals surface area (Å²) in [6.07, 6.45) is 6.72. The van der Waals surface area contributed by atoms with E-state index < -0.39 is 5.97 Å². The molecular weight excluding hydrogens is 560 g/mol. The smallest absolute Gasteiger partial charge is 0.320 e. The molecule has 7 heteroatoms. The van der Waals surface area contributed by atoms with Crippen LogP contribution in [-0.2, 0) is 11.3 Å². The van der Waals surface area contributed by atoms with Crippen LogP contribution in [0.1, 0.15) is 90.9 Å². The van der Waals surface area contributed by atoms with Crippen LogP contribution in [0.25, 0.3) is 0 Å². The van der Waals surface area contributed by atoms with Gasteiger partial charge in [0.25, 0.3) is 0 Å². The molecular formula is C38H52N4O3. The first-order valence-corrected chi connectivity index (χ1v) is 17.3. The van der Waals surface area contributed by atoms with Crippen LogP contribution in [0, 0.1) is 32.6 Å². The molecule has 3 fully saturated rings. The maximum Gasteiger partial charge on any atom is 0.320 e. The summed E-state index contributed by atoms with van der Waals surface area (Å²) in [4.78, 5) is 17.4. The highest BCUT2D eigenvalue weighted by molar-refractivity contribution is 5.73. The van der Waals surface area contributed by atoms with Crippen molar-refractivity contribution < 1.29 is 14.6 Å². The summed E-state index contributed by atoms with van der Waals surface area (Å²) >= 11 is 0. The molecule has 242 valence electrons. The average molecular weight is 613 g/mol. The van der Waals surface area contributed by atoms with Gasteiger partial charge < -0.3 is 14.7 Å². The Morgan fingerprint density at radius 3 is 2.42 bits per heavy atom. The molecule has 3 unspecified atom stereocenters. The number of aromatic nitrogens is 2. The van der Waals surface area contributed by atoms with Crippen molar-refractivity contribution in [3.63, 3.8) is 0 Å². The SMILES string of the molecule is CCOc1ccc(Cn2nc(C)c(C3CCN(CC4CN(C(CC5CCC5)C(=O)O)CC4c4cccc(C)c4)CC3)c2C)cc1. The molecule has 3 heterocycles. The van der Waals surface area contributed by atoms with Gasteiger partial charge in [0.2, 0.25) is 0 Å². The number of hydrogen-bond donors (Lipinski definition) is 1. The zero-order valence-corrected chi connectivity index (χ0v) is 27.8. The molecule has 0 amide bonds. The molecule has 2 aromatic carbocycles. The Morgan fingerprint density at radius 2 is 1.78 bits per heavy atom. The van der Waals surface area contributed by atoms with Crippen LogP contribution in [0.2, 0.25) is 0 Å². The molecule has 3 atom stereocenters. The lowest BCUT2D eigenvalue weighted by Gasteiger charge is -2.35. The Kier molecular flexibility index (Phi) is 9.96. The second-order valence-corrected chi connectivity index (χ2v) is 14.0. The summed E-state index contributed by atoms with van der Waals surface area (Å²) in [6.45, 7) is 14.9. The quantitative estimate of drug-likeness (QED) is 0.243. The summed E-state index contributed by atoms with van der Waals surface area (Å²) in [5.41, 5.74) is 7.77. The minimum absolute atomic E-state index is 0.358. The number of carbonyl (C=O) groups is 1. The summed E-state index contributed by atoms with van der Waals surface area (Å²) in [5, 5.41) is 15.2. The molecule has 6 rings (SSSR count). The average Bonchev–Trinajstić information content (AvgIpc) is 3.53. The molecule has 45 heavy (non-hydrogen) atoms. The highest BCUT2D eigenvalue weighted by Crippen LogP contribution is 2.39. The second kappa shape index (κ2) is 14.1. The molecule has 2 aliphatic heterocycles. The van der Waals surface area contributed by atoms with Gasteiger partial charge in [-0.2, -0.15) is 5.10 Å². The minimum Gasteiger partial charge on any atom is -0.494 e. The Hall–Kier alpha value is -3.16. The standard InChI is InChI=1S/C38H52N4O3/c1-5-45-34-14-12-30(13-15-34)22-42-28(4)37(27(3)39-42)31-16-18-40(19-17-31)23-33-24-41(36(38(43)44)21-29-9-7-10-29)25-35(33)32-11-6-8-26(2)20-32/h6,8,11-15,20,29,31,33,35-36H,5,7,9-10,16-19,21-25H2,1-4H3,(H,43,44). The lowest BCUT2D eigenvalue weighted by Crippen LogP contribution is -2.43. The second-order valence-electron chi connectivity index (χ2n) is 14.0. The van der Waals surface area contributed by atoms with Crippen LogP contribution in [-0.4, -0.2) is 76.0 Å². The van der Waals surface area contributed by atoms with Crippen LogP contribution in [0.5, 0.6) is 5.75 Å². The number of aryl methyl sites for hydroxylation is 2. The number of likely N-dealkylation sites (tertiary alicyclic amines) is 2. The normalized spacial score (nSPS) is 22.4. The van der Waals surface area contributed by atoms with E-state index >= 15 is 0 Å². The van der Waals surface area contributed by atoms with Gasteiger partial charge in [-0.05, 0) is 107 Å². The minimum atomic E-state index is -0.639. The van der Waals surface area contributed by atoms with E-state index in [2.05, 4.69) is 71.7 Å². The molecule has 1 N–H and O–H groups in total. The van der Waals surface area contributed by atoms with Gasteiger partial charge in [-0.3, -0.25) is 14.4 Å². The van der Waals surface area contributed by atoms with Gasteiger partial charge in [0.1, 0.15) is 11.8 Å². The van der Waals surface area contributed by atoms with Gasteiger partial charge in [0, 0.05) is 31.2 Å². The van der Waals surface area contributed by atoms with E-state index in [1.807, 2.05) is 19.1 Å². The molecule has 0 spiro atoms. The summed E-state index contributed by atoms with van der Waals surface area (Å²) in [5.74, 6) is 2.19. The van der Waals surface area contributed by atoms with Crippen molar-refractivity contribution in [3.8, 4) is 5.75 Å². The molecule has 3 aromatic rings. The summed E-state index contributed by atoms with van der Waals surface area (Å²) in [6, 6.07) is 16.9. The van der Waals surface area contributed by atoms with Gasteiger partial charge in [-0.15, -0.1) is 0 Å². The van der Waals surface area contributed by atoms with Crippen LogP contribution >= 0.6 is 0 Å². The number of ether oxygens (including phenoxy) is 1. The van der Waals surface area contributed by atoms with Crippen molar-refractivity contribution >= 4 is 5.97 Å². The van der Waals surface area contributed by atoms with Crippen LogP contribution in [0.3, 0.4) is 0 Å². The molecule has 0 radical (unpaired) electrons. The Morgan fingerprint density at radius 1 is 1.02 bits per heavy atom. The predicted molar refractivity (Wildman–Crippen MR) is 179 cm³/mol. The molecule has 1 aromatic heterocycles. The van der Waals surface area contributed by atoms with Crippen LogP contribution in [0.15, 0.2) is 48.5 Å². The number of rotatable bonds is 12. The molecule has 2 saturated heterocycles. The topological polar surface area (TPSA) is 70.8 Å². The maximum absolute atomic E-state index is 12.5. The fourth-order valence-electron chi connectivity index (χ4n) is 8.29. The highest BCUT2D eigenvalue weighted by Gasteiger charge is 2.41. The van der Waals surface area contributed by atoms with Gasteiger partial charge >= 0.3 is 5.97 Å². The molecule has 0 bridgehead atoms. The Labute approximate surface area is 269 Å². The van der Waals surface area contributed by atoms with Crippen molar-refractivity contribution in [2.75, 3.05) is 39.3 Å². The van der Waals surface area contributed by atoms with Gasteiger partial charge in [0.15, 0.2) is 0 Å². The van der Waals surface area contributed by atoms with E-state index in [1.54, 1.807) is 0 Å². The van der Waals surface area contributed by atoms with Crippen molar-refractivity contribution in [2.24, 2.45) is 11.8 Å². The lowest BCUT2D eigenvalue weighted by atomic mass is 9.80. The van der Waals surface area contributed by atoms with Crippen molar-refractivity contribution in [1.29, 1.82) is 0 Å². The highest BCUT2D eigenvalue weighted by atomic mass is 16.5. The van der Waals surface area contributed by atoms with E-state index in [1.165, 1.54) is 47.2 Å². The molecule has 1 aliphatic carbocycles. The number of nitrogens with zero attached hydrogens (tertiary/aromatic N) is 4. The van der Waals surface area contributed by atoms with E-state index in [-0.39, 0.29) is 6.04 Å². The third kappa shape index (κ3) is 7.30. The lowest BCUT2D eigenvalue weighted by molar-refractivity contribution is -0.144. The fraction of sp³-hybridized carbons (Fsp3) is 0.579. The monoisotopic (exact) mass is 612 g/mol. The van der Waals surface area contributed by atoms with Crippen molar-refractivity contribution in [3.05, 3.63) is 82.2 Å². The van der Waals surface area contributed by atoms with E-state index in [9.17, 15) is 9.90 Å². The number of hydrogen-bond acceptors (Lipinski definition) is 5. The molecule has 1 saturated carbocycles.